The van der Waals surface area contributed by atoms with Crippen LogP contribution in [0.2, 0.25) is 0 Å². The van der Waals surface area contributed by atoms with E-state index in [1.807, 2.05) is 32.0 Å². The van der Waals surface area contributed by atoms with Crippen LogP contribution < -0.4 is 16.0 Å². The monoisotopic (exact) mass is 405 g/mol. The normalized spacial score (nSPS) is 10.4. The van der Waals surface area contributed by atoms with Crippen molar-refractivity contribution >= 4 is 28.9 Å². The summed E-state index contributed by atoms with van der Waals surface area (Å²) in [6.07, 6.45) is 0.817. The first kappa shape index (κ1) is 21.0. The van der Waals surface area contributed by atoms with Gasteiger partial charge < -0.3 is 16.0 Å². The van der Waals surface area contributed by atoms with Gasteiger partial charge in [-0.1, -0.05) is 37.3 Å². The molecule has 0 radical (unpaired) electrons. The van der Waals surface area contributed by atoms with Crippen LogP contribution in [0.15, 0.2) is 66.7 Å². The zero-order valence-electron chi connectivity index (χ0n) is 17.0. The lowest BCUT2D eigenvalue weighted by molar-refractivity contribution is -0.114. The predicted octanol–water partition coefficient (Wildman–Crippen LogP) is 5.00. The molecule has 0 heterocycles. The fourth-order valence-electron chi connectivity index (χ4n) is 3.13. The van der Waals surface area contributed by atoms with Crippen molar-refractivity contribution in [2.75, 3.05) is 22.5 Å². The molecule has 0 aliphatic rings. The molecule has 0 unspecified atom stereocenters. The molecule has 6 heteroatoms. The number of carbonyl (C=O) groups excluding carboxylic acids is 2. The van der Waals surface area contributed by atoms with Crippen molar-refractivity contribution in [1.29, 1.82) is 0 Å². The molecule has 0 aliphatic carbocycles. The Morgan fingerprint density at radius 2 is 1.63 bits per heavy atom. The topological polar surface area (TPSA) is 70.2 Å². The highest BCUT2D eigenvalue weighted by atomic mass is 19.1. The van der Waals surface area contributed by atoms with Gasteiger partial charge in [0.05, 0.1) is 12.1 Å². The van der Waals surface area contributed by atoms with Crippen molar-refractivity contribution in [2.45, 2.75) is 20.3 Å². The van der Waals surface area contributed by atoms with Crippen molar-refractivity contribution in [3.8, 4) is 0 Å². The summed E-state index contributed by atoms with van der Waals surface area (Å²) in [4.78, 5) is 25.1. The van der Waals surface area contributed by atoms with Crippen molar-refractivity contribution in [3.05, 3.63) is 89.2 Å². The van der Waals surface area contributed by atoms with E-state index >= 15 is 0 Å². The van der Waals surface area contributed by atoms with Crippen molar-refractivity contribution in [2.24, 2.45) is 0 Å². The lowest BCUT2D eigenvalue weighted by Gasteiger charge is -2.15. The van der Waals surface area contributed by atoms with E-state index in [0.29, 0.717) is 16.9 Å². The van der Waals surface area contributed by atoms with Gasteiger partial charge in [0.2, 0.25) is 5.91 Å². The summed E-state index contributed by atoms with van der Waals surface area (Å²) in [7, 11) is 0. The molecule has 0 spiro atoms. The van der Waals surface area contributed by atoms with Crippen LogP contribution in [0.25, 0.3) is 0 Å². The van der Waals surface area contributed by atoms with Crippen LogP contribution in [0.1, 0.15) is 28.4 Å². The number of anilines is 3. The first-order valence-electron chi connectivity index (χ1n) is 9.76. The maximum absolute atomic E-state index is 13.1. The predicted molar refractivity (Wildman–Crippen MR) is 118 cm³/mol. The number of para-hydroxylation sites is 2. The van der Waals surface area contributed by atoms with E-state index in [9.17, 15) is 14.0 Å². The number of hydrogen-bond acceptors (Lipinski definition) is 3. The molecular weight excluding hydrogens is 381 g/mol. The number of rotatable bonds is 7. The Balaban J connectivity index is 1.67. The van der Waals surface area contributed by atoms with E-state index in [-0.39, 0.29) is 24.2 Å². The Kier molecular flexibility index (Phi) is 6.80. The van der Waals surface area contributed by atoms with Gasteiger partial charge in [0, 0.05) is 17.1 Å². The Hall–Kier alpha value is -3.67. The first-order chi connectivity index (χ1) is 14.5. The van der Waals surface area contributed by atoms with Crippen LogP contribution >= 0.6 is 0 Å². The fourth-order valence-corrected chi connectivity index (χ4v) is 3.13. The van der Waals surface area contributed by atoms with Gasteiger partial charge in [-0.05, 0) is 60.9 Å². The lowest BCUT2D eigenvalue weighted by Crippen LogP contribution is -2.24. The molecule has 154 valence electrons. The molecule has 3 aromatic carbocycles. The minimum absolute atomic E-state index is 0.0122. The maximum Gasteiger partial charge on any atom is 0.257 e. The van der Waals surface area contributed by atoms with Crippen molar-refractivity contribution in [1.82, 2.24) is 0 Å². The molecule has 0 aromatic heterocycles. The average Bonchev–Trinajstić information content (AvgIpc) is 2.75. The Morgan fingerprint density at radius 3 is 2.37 bits per heavy atom. The van der Waals surface area contributed by atoms with E-state index in [2.05, 4.69) is 16.0 Å². The number of aryl methyl sites for hydroxylation is 2. The molecule has 0 saturated heterocycles. The quantitative estimate of drug-likeness (QED) is 0.518. The molecule has 3 rings (SSSR count). The third kappa shape index (κ3) is 5.23. The van der Waals surface area contributed by atoms with Crippen LogP contribution in [0.5, 0.6) is 0 Å². The highest BCUT2D eigenvalue weighted by Crippen LogP contribution is 2.21. The summed E-state index contributed by atoms with van der Waals surface area (Å²) in [5.41, 5.74) is 4.31. The van der Waals surface area contributed by atoms with Gasteiger partial charge in [0.15, 0.2) is 0 Å². The van der Waals surface area contributed by atoms with E-state index in [0.717, 1.165) is 23.2 Å². The summed E-state index contributed by atoms with van der Waals surface area (Å²) in [5.74, 6) is -0.925. The van der Waals surface area contributed by atoms with Gasteiger partial charge in [-0.3, -0.25) is 9.59 Å². The summed E-state index contributed by atoms with van der Waals surface area (Å²) < 4.78 is 13.1. The zero-order valence-corrected chi connectivity index (χ0v) is 17.0. The zero-order chi connectivity index (χ0) is 21.5. The summed E-state index contributed by atoms with van der Waals surface area (Å²) in [5, 5.41) is 8.72. The Bertz CT molecular complexity index is 1050. The van der Waals surface area contributed by atoms with Crippen LogP contribution in [0.3, 0.4) is 0 Å². The number of amides is 2. The first-order valence-corrected chi connectivity index (χ1v) is 9.76. The molecule has 3 N–H and O–H groups in total. The number of nitrogens with one attached hydrogen (secondary N) is 3. The molecule has 3 aromatic rings. The number of halogens is 1. The minimum Gasteiger partial charge on any atom is -0.376 e. The highest BCUT2D eigenvalue weighted by Gasteiger charge is 2.13. The fraction of sp³-hybridized carbons (Fsp3) is 0.167. The summed E-state index contributed by atoms with van der Waals surface area (Å²) >= 11 is 0. The summed E-state index contributed by atoms with van der Waals surface area (Å²) in [6.45, 7) is 4.01. The number of carbonyl (C=O) groups is 2. The van der Waals surface area contributed by atoms with Gasteiger partial charge in [-0.2, -0.15) is 0 Å². The number of benzene rings is 3. The SMILES string of the molecule is CCc1cccc(C)c1NC(=O)CNc1ccccc1C(=O)Nc1ccc(F)cc1. The smallest absolute Gasteiger partial charge is 0.257 e. The summed E-state index contributed by atoms with van der Waals surface area (Å²) in [6, 6.07) is 18.4. The molecule has 0 fully saturated rings. The molecule has 0 atom stereocenters. The second-order valence-electron chi connectivity index (χ2n) is 6.87. The minimum atomic E-state index is -0.374. The van der Waals surface area contributed by atoms with Crippen LogP contribution in [0, 0.1) is 12.7 Å². The lowest BCUT2D eigenvalue weighted by atomic mass is 10.1. The Labute approximate surface area is 175 Å². The van der Waals surface area contributed by atoms with Crippen LogP contribution in [-0.2, 0) is 11.2 Å². The van der Waals surface area contributed by atoms with E-state index in [1.165, 1.54) is 24.3 Å². The molecule has 0 aliphatic heterocycles. The van der Waals surface area contributed by atoms with Gasteiger partial charge in [-0.25, -0.2) is 4.39 Å². The standard InChI is InChI=1S/C24H24FN3O2/c1-3-17-8-6-7-16(2)23(17)28-22(29)15-26-21-10-5-4-9-20(21)24(30)27-19-13-11-18(25)12-14-19/h4-14,26H,3,15H2,1-2H3,(H,27,30)(H,28,29). The molecule has 0 bridgehead atoms. The van der Waals surface area contributed by atoms with E-state index < -0.39 is 0 Å². The third-order valence-corrected chi connectivity index (χ3v) is 4.72. The average molecular weight is 405 g/mol. The highest BCUT2D eigenvalue weighted by molar-refractivity contribution is 6.08. The third-order valence-electron chi connectivity index (χ3n) is 4.72. The van der Waals surface area contributed by atoms with Crippen LogP contribution in [-0.4, -0.2) is 18.4 Å². The molecule has 5 nitrogen and oxygen atoms in total. The number of hydrogen-bond donors (Lipinski definition) is 3. The van der Waals surface area contributed by atoms with Gasteiger partial charge in [-0.15, -0.1) is 0 Å². The molecule has 30 heavy (non-hydrogen) atoms. The van der Waals surface area contributed by atoms with Crippen molar-refractivity contribution in [3.63, 3.8) is 0 Å². The van der Waals surface area contributed by atoms with Crippen LogP contribution in [0.4, 0.5) is 21.5 Å². The van der Waals surface area contributed by atoms with E-state index in [4.69, 9.17) is 0 Å². The molecule has 2 amide bonds. The second-order valence-corrected chi connectivity index (χ2v) is 6.87. The molecule has 0 saturated carbocycles. The second kappa shape index (κ2) is 9.69. The largest absolute Gasteiger partial charge is 0.376 e. The Morgan fingerprint density at radius 1 is 0.900 bits per heavy atom. The van der Waals surface area contributed by atoms with Gasteiger partial charge in [0.1, 0.15) is 5.82 Å². The molecular formula is C24H24FN3O2. The van der Waals surface area contributed by atoms with E-state index in [1.54, 1.807) is 24.3 Å². The van der Waals surface area contributed by atoms with Gasteiger partial charge in [0.25, 0.3) is 5.91 Å². The maximum atomic E-state index is 13.1. The van der Waals surface area contributed by atoms with Crippen molar-refractivity contribution < 1.29 is 14.0 Å². The van der Waals surface area contributed by atoms with Gasteiger partial charge >= 0.3 is 0 Å².